The summed E-state index contributed by atoms with van der Waals surface area (Å²) in [5.74, 6) is 0.760. The number of aromatic nitrogens is 2. The second-order valence-electron chi connectivity index (χ2n) is 2.49. The maximum atomic E-state index is 5.56. The molecule has 0 radical (unpaired) electrons. The molecule has 1 aromatic heterocycles. The highest BCUT2D eigenvalue weighted by Gasteiger charge is 2.12. The zero-order chi connectivity index (χ0) is 10.4. The lowest BCUT2D eigenvalue weighted by Crippen LogP contribution is -2.17. The molecule has 14 heavy (non-hydrogen) atoms. The number of amidine groups is 1. The minimum Gasteiger partial charge on any atom is -0.383 e. The zero-order valence-electron chi connectivity index (χ0n) is 8.15. The van der Waals surface area contributed by atoms with Crippen LogP contribution in [0.1, 0.15) is 5.69 Å². The van der Waals surface area contributed by atoms with Crippen molar-refractivity contribution in [1.82, 2.24) is 10.3 Å². The minimum absolute atomic E-state index is 0.283. The van der Waals surface area contributed by atoms with Crippen molar-refractivity contribution in [3.05, 3.63) is 5.69 Å². The van der Waals surface area contributed by atoms with Gasteiger partial charge in [0.05, 0.1) is 6.61 Å². The summed E-state index contributed by atoms with van der Waals surface area (Å²) < 4.78 is 9.40. The average Bonchev–Trinajstić information content (AvgIpc) is 2.65. The fourth-order valence-corrected chi connectivity index (χ4v) is 0.850. The quantitative estimate of drug-likeness (QED) is 0.375. The maximum Gasteiger partial charge on any atom is 0.202 e. The van der Waals surface area contributed by atoms with E-state index in [9.17, 15) is 0 Å². The van der Waals surface area contributed by atoms with Crippen molar-refractivity contribution >= 4 is 11.7 Å². The molecule has 0 saturated carbocycles. The molecule has 0 aliphatic carbocycles. The topological polar surface area (TPSA) is 98.6 Å². The molecule has 3 N–H and O–H groups in total. The highest BCUT2D eigenvalue weighted by molar-refractivity contribution is 5.99. The van der Waals surface area contributed by atoms with Gasteiger partial charge in [-0.15, -0.1) is 0 Å². The van der Waals surface area contributed by atoms with E-state index in [1.807, 2.05) is 0 Å². The summed E-state index contributed by atoms with van der Waals surface area (Å²) in [6.07, 6.45) is 0. The first-order valence-corrected chi connectivity index (χ1v) is 4.07. The van der Waals surface area contributed by atoms with Crippen molar-refractivity contribution in [2.24, 2.45) is 10.7 Å². The third-order valence-electron chi connectivity index (χ3n) is 1.57. The molecule has 1 rings (SSSR count). The summed E-state index contributed by atoms with van der Waals surface area (Å²) in [6.45, 7) is 1.17. The van der Waals surface area contributed by atoms with Crippen LogP contribution in [0.25, 0.3) is 0 Å². The molecule has 0 amide bonds. The summed E-state index contributed by atoms with van der Waals surface area (Å²) in [5.41, 5.74) is 5.98. The van der Waals surface area contributed by atoms with Crippen LogP contribution in [-0.4, -0.2) is 43.5 Å². The van der Waals surface area contributed by atoms with Gasteiger partial charge in [-0.2, -0.15) is 0 Å². The normalized spacial score (nSPS) is 11.7. The zero-order valence-corrected chi connectivity index (χ0v) is 8.15. The second kappa shape index (κ2) is 5.18. The van der Waals surface area contributed by atoms with Crippen molar-refractivity contribution in [3.8, 4) is 0 Å². The van der Waals surface area contributed by atoms with E-state index in [4.69, 9.17) is 10.5 Å². The van der Waals surface area contributed by atoms with E-state index >= 15 is 0 Å². The van der Waals surface area contributed by atoms with E-state index in [0.717, 1.165) is 0 Å². The number of hydrogen-bond donors (Lipinski definition) is 2. The van der Waals surface area contributed by atoms with Gasteiger partial charge in [-0.05, 0) is 10.3 Å². The molecule has 0 atom stereocenters. The fourth-order valence-electron chi connectivity index (χ4n) is 0.850. The Hall–Kier alpha value is -1.63. The predicted octanol–water partition coefficient (Wildman–Crippen LogP) is -0.537. The van der Waals surface area contributed by atoms with E-state index in [0.29, 0.717) is 24.7 Å². The molecule has 1 heterocycles. The van der Waals surface area contributed by atoms with Crippen molar-refractivity contribution < 1.29 is 9.37 Å². The second-order valence-corrected chi connectivity index (χ2v) is 2.49. The number of rotatable bonds is 5. The number of ether oxygens (including phenoxy) is 1. The standard InChI is InChI=1S/C7H13N5O2/c1-9-6(8)5-7(12-14-11-5)10-3-4-13-2/h3-4H2,1-2H3,(H2,8,9)(H,10,12). The van der Waals surface area contributed by atoms with Gasteiger partial charge < -0.3 is 15.8 Å². The Morgan fingerprint density at radius 1 is 1.64 bits per heavy atom. The summed E-state index contributed by atoms with van der Waals surface area (Å²) in [4.78, 5) is 3.78. The molecular formula is C7H13N5O2. The number of aliphatic imine (C=N–C) groups is 1. The van der Waals surface area contributed by atoms with Crippen LogP contribution in [-0.2, 0) is 4.74 Å². The molecule has 7 nitrogen and oxygen atoms in total. The van der Waals surface area contributed by atoms with Gasteiger partial charge in [-0.25, -0.2) is 4.63 Å². The average molecular weight is 199 g/mol. The van der Waals surface area contributed by atoms with E-state index in [1.165, 1.54) is 0 Å². The third kappa shape index (κ3) is 2.43. The Morgan fingerprint density at radius 2 is 2.43 bits per heavy atom. The van der Waals surface area contributed by atoms with Crippen molar-refractivity contribution in [2.75, 3.05) is 32.6 Å². The Balaban J connectivity index is 2.63. The highest BCUT2D eigenvalue weighted by Crippen LogP contribution is 2.07. The van der Waals surface area contributed by atoms with Gasteiger partial charge in [0, 0.05) is 20.7 Å². The number of anilines is 1. The molecule has 0 aromatic carbocycles. The van der Waals surface area contributed by atoms with Crippen LogP contribution in [0.4, 0.5) is 5.82 Å². The molecule has 7 heteroatoms. The number of nitrogens with two attached hydrogens (primary N) is 1. The van der Waals surface area contributed by atoms with Gasteiger partial charge in [-0.1, -0.05) is 0 Å². The highest BCUT2D eigenvalue weighted by atomic mass is 16.6. The minimum atomic E-state index is 0.283. The van der Waals surface area contributed by atoms with E-state index in [-0.39, 0.29) is 5.84 Å². The van der Waals surface area contributed by atoms with Crippen molar-refractivity contribution in [1.29, 1.82) is 0 Å². The van der Waals surface area contributed by atoms with Gasteiger partial charge in [0.15, 0.2) is 11.5 Å². The largest absolute Gasteiger partial charge is 0.383 e. The predicted molar refractivity (Wildman–Crippen MR) is 51.3 cm³/mol. The molecule has 0 aliphatic rings. The van der Waals surface area contributed by atoms with Crippen LogP contribution in [0, 0.1) is 0 Å². The molecule has 0 bridgehead atoms. The van der Waals surface area contributed by atoms with Crippen LogP contribution in [0.3, 0.4) is 0 Å². The monoisotopic (exact) mass is 199 g/mol. The molecule has 0 fully saturated rings. The van der Waals surface area contributed by atoms with Crippen LogP contribution in [0.2, 0.25) is 0 Å². The molecule has 1 aromatic rings. The lowest BCUT2D eigenvalue weighted by Gasteiger charge is -2.01. The maximum absolute atomic E-state index is 5.56. The first-order valence-electron chi connectivity index (χ1n) is 4.07. The first-order chi connectivity index (χ1) is 6.79. The van der Waals surface area contributed by atoms with Gasteiger partial charge in [0.1, 0.15) is 0 Å². The Morgan fingerprint density at radius 3 is 3.07 bits per heavy atom. The smallest absolute Gasteiger partial charge is 0.202 e. The lowest BCUT2D eigenvalue weighted by atomic mass is 10.4. The van der Waals surface area contributed by atoms with Crippen molar-refractivity contribution in [3.63, 3.8) is 0 Å². The van der Waals surface area contributed by atoms with E-state index < -0.39 is 0 Å². The summed E-state index contributed by atoms with van der Waals surface area (Å²) in [7, 11) is 3.19. The van der Waals surface area contributed by atoms with Crippen LogP contribution in [0.15, 0.2) is 9.62 Å². The SMILES string of the molecule is CN=C(N)c1nonc1NCCOC. The van der Waals surface area contributed by atoms with E-state index in [1.54, 1.807) is 14.2 Å². The molecule has 0 saturated heterocycles. The van der Waals surface area contributed by atoms with Gasteiger partial charge in [0.2, 0.25) is 5.82 Å². The summed E-state index contributed by atoms with van der Waals surface area (Å²) in [5, 5.41) is 10.2. The Kier molecular flexibility index (Phi) is 3.86. The van der Waals surface area contributed by atoms with Gasteiger partial charge in [-0.3, -0.25) is 4.99 Å². The molecule has 0 unspecified atom stereocenters. The molecular weight excluding hydrogens is 186 g/mol. The molecule has 0 aliphatic heterocycles. The van der Waals surface area contributed by atoms with Gasteiger partial charge in [0.25, 0.3) is 0 Å². The van der Waals surface area contributed by atoms with E-state index in [2.05, 4.69) is 25.3 Å². The van der Waals surface area contributed by atoms with Crippen molar-refractivity contribution in [2.45, 2.75) is 0 Å². The van der Waals surface area contributed by atoms with Crippen LogP contribution < -0.4 is 11.1 Å². The van der Waals surface area contributed by atoms with Crippen LogP contribution in [0.5, 0.6) is 0 Å². The Labute approximate surface area is 81.3 Å². The number of nitrogens with one attached hydrogen (secondary N) is 1. The number of methoxy groups -OCH3 is 1. The third-order valence-corrected chi connectivity index (χ3v) is 1.57. The van der Waals surface area contributed by atoms with Gasteiger partial charge >= 0.3 is 0 Å². The number of hydrogen-bond acceptors (Lipinski definition) is 6. The van der Waals surface area contributed by atoms with Crippen LogP contribution >= 0.6 is 0 Å². The molecule has 0 spiro atoms. The number of nitrogens with zero attached hydrogens (tertiary/aromatic N) is 3. The first kappa shape index (κ1) is 10.5. The fraction of sp³-hybridized carbons (Fsp3) is 0.571. The Bertz CT molecular complexity index is 309. The summed E-state index contributed by atoms with van der Waals surface area (Å²) in [6, 6.07) is 0. The summed E-state index contributed by atoms with van der Waals surface area (Å²) >= 11 is 0. The molecule has 78 valence electrons. The lowest BCUT2D eigenvalue weighted by molar-refractivity contribution is 0.210.